The molecule has 0 saturated heterocycles. The van der Waals surface area contributed by atoms with Crippen molar-refractivity contribution in [2.24, 2.45) is 0 Å². The number of benzene rings is 3. The highest BCUT2D eigenvalue weighted by Gasteiger charge is 2.05. The summed E-state index contributed by atoms with van der Waals surface area (Å²) >= 11 is 0. The minimum absolute atomic E-state index is 0.0648. The fraction of sp³-hybridized carbons (Fsp3) is 0.424. The average molecular weight is 591 g/mol. The third-order valence-corrected chi connectivity index (χ3v) is 5.21. The predicted molar refractivity (Wildman–Crippen MR) is 166 cm³/mol. The van der Waals surface area contributed by atoms with E-state index in [1.165, 1.54) is 73.9 Å². The largest absolute Gasteiger partial charge is 0.508 e. The first-order valence-corrected chi connectivity index (χ1v) is 14.3. The quantitative estimate of drug-likeness (QED) is 0.0798. The second-order valence-corrected chi connectivity index (χ2v) is 8.95. The second kappa shape index (κ2) is 27.2. The number of rotatable bonds is 9. The Morgan fingerprint density at radius 2 is 1.19 bits per heavy atom. The molecule has 0 amide bonds. The van der Waals surface area contributed by atoms with E-state index < -0.39 is 0 Å². The molecular formula is C33H50O9. The zero-order valence-corrected chi connectivity index (χ0v) is 25.3. The first-order valence-electron chi connectivity index (χ1n) is 14.3. The number of carbonyl (C=O) groups is 1. The first kappa shape index (κ1) is 40.2. The van der Waals surface area contributed by atoms with E-state index >= 15 is 0 Å². The number of phenolic OH excluding ortho intramolecular Hbond substituents is 5. The van der Waals surface area contributed by atoms with Gasteiger partial charge in [0.2, 0.25) is 0 Å². The first-order chi connectivity index (χ1) is 20.1. The van der Waals surface area contributed by atoms with Crippen molar-refractivity contribution < 1.29 is 45.3 Å². The van der Waals surface area contributed by atoms with Crippen molar-refractivity contribution in [3.8, 4) is 28.7 Å². The van der Waals surface area contributed by atoms with Crippen LogP contribution >= 0.6 is 0 Å². The van der Waals surface area contributed by atoms with E-state index in [0.717, 1.165) is 25.7 Å². The normalized spacial score (nSPS) is 9.40. The van der Waals surface area contributed by atoms with E-state index in [0.29, 0.717) is 18.8 Å². The zero-order valence-electron chi connectivity index (χ0n) is 25.3. The van der Waals surface area contributed by atoms with Gasteiger partial charge in [0.05, 0.1) is 18.3 Å². The Hall–Kier alpha value is -3.95. The highest BCUT2D eigenvalue weighted by atomic mass is 16.5. The Kier molecular flexibility index (Phi) is 26.1. The standard InChI is InChI=1S/C10H12O3.2C6H6O2.C6H14O.C5H12O/c1-2-7-13-10(12)8-3-5-9(11)6-4-8;7-5-2-1-3-6(8)4-5;7-5-3-1-2-4-6(5)8;1-2-3-4-5-6-7;1-3-5(6)4-2/h3-6,11H,2,7H2,1H3;2*1-4,7-8H;7H,2-6H2,1H3;5-6H,3-4H2,1-2H3. The van der Waals surface area contributed by atoms with Crippen LogP contribution in [0.5, 0.6) is 28.7 Å². The number of carbonyl (C=O) groups excluding carboxylic acids is 1. The molecule has 0 saturated carbocycles. The molecule has 3 aromatic rings. The maximum absolute atomic E-state index is 11.2. The summed E-state index contributed by atoms with van der Waals surface area (Å²) < 4.78 is 4.90. The monoisotopic (exact) mass is 590 g/mol. The van der Waals surface area contributed by atoms with E-state index in [4.69, 9.17) is 40.5 Å². The molecule has 3 aromatic carbocycles. The average Bonchev–Trinajstić information content (AvgIpc) is 2.99. The lowest BCUT2D eigenvalue weighted by Gasteiger charge is -2.02. The summed E-state index contributed by atoms with van der Waals surface area (Å²) in [5, 5.41) is 60.6. The van der Waals surface area contributed by atoms with Crippen LogP contribution in [-0.4, -0.2) is 61.0 Å². The Morgan fingerprint density at radius 3 is 1.52 bits per heavy atom. The number of hydrogen-bond donors (Lipinski definition) is 7. The molecule has 0 spiro atoms. The highest BCUT2D eigenvalue weighted by molar-refractivity contribution is 5.89. The molecule has 0 atom stereocenters. The Morgan fingerprint density at radius 1 is 0.667 bits per heavy atom. The summed E-state index contributed by atoms with van der Waals surface area (Å²) in [6.07, 6.45) is 7.20. The van der Waals surface area contributed by atoms with Crippen LogP contribution in [0.25, 0.3) is 0 Å². The predicted octanol–water partition coefficient (Wildman–Crippen LogP) is 6.88. The second-order valence-electron chi connectivity index (χ2n) is 8.95. The van der Waals surface area contributed by atoms with Crippen molar-refractivity contribution >= 4 is 5.97 Å². The molecule has 0 aliphatic carbocycles. The topological polar surface area (TPSA) is 168 Å². The van der Waals surface area contributed by atoms with Gasteiger partial charge in [-0.15, -0.1) is 0 Å². The Balaban J connectivity index is 0. The van der Waals surface area contributed by atoms with E-state index in [2.05, 4.69) is 6.92 Å². The molecule has 0 radical (unpaired) electrons. The minimum Gasteiger partial charge on any atom is -0.508 e. The van der Waals surface area contributed by atoms with Gasteiger partial charge in [-0.2, -0.15) is 0 Å². The lowest BCUT2D eigenvalue weighted by molar-refractivity contribution is 0.0505. The Labute approximate surface area is 250 Å². The molecule has 3 rings (SSSR count). The van der Waals surface area contributed by atoms with E-state index in [1.54, 1.807) is 18.2 Å². The fourth-order valence-corrected chi connectivity index (χ4v) is 2.66. The number of aliphatic hydroxyl groups is 2. The van der Waals surface area contributed by atoms with Crippen molar-refractivity contribution in [3.05, 3.63) is 78.4 Å². The number of ether oxygens (including phenoxy) is 1. The van der Waals surface area contributed by atoms with Gasteiger partial charge in [-0.05, 0) is 74.2 Å². The summed E-state index contributed by atoms with van der Waals surface area (Å²) in [7, 11) is 0. The lowest BCUT2D eigenvalue weighted by Crippen LogP contribution is -2.05. The van der Waals surface area contributed by atoms with Crippen LogP contribution in [0, 0.1) is 0 Å². The van der Waals surface area contributed by atoms with Crippen LogP contribution in [0.2, 0.25) is 0 Å². The van der Waals surface area contributed by atoms with Gasteiger partial charge in [0.1, 0.15) is 17.2 Å². The minimum atomic E-state index is -0.346. The van der Waals surface area contributed by atoms with Crippen molar-refractivity contribution in [1.82, 2.24) is 0 Å². The smallest absolute Gasteiger partial charge is 0.338 e. The molecule has 7 N–H and O–H groups in total. The van der Waals surface area contributed by atoms with Crippen molar-refractivity contribution in [1.29, 1.82) is 0 Å². The molecule has 0 unspecified atom stereocenters. The van der Waals surface area contributed by atoms with Gasteiger partial charge < -0.3 is 40.5 Å². The lowest BCUT2D eigenvalue weighted by atomic mass is 10.2. The molecule has 42 heavy (non-hydrogen) atoms. The van der Waals surface area contributed by atoms with E-state index in [1.807, 2.05) is 20.8 Å². The SMILES string of the molecule is CCC(O)CC.CCCCCCO.CCCOC(=O)c1ccc(O)cc1.Oc1cccc(O)c1.Oc1ccccc1O. The number of para-hydroxylation sites is 2. The molecule has 9 heteroatoms. The fourth-order valence-electron chi connectivity index (χ4n) is 2.66. The highest BCUT2D eigenvalue weighted by Crippen LogP contribution is 2.21. The molecule has 0 heterocycles. The molecule has 9 nitrogen and oxygen atoms in total. The van der Waals surface area contributed by atoms with E-state index in [-0.39, 0.29) is 40.8 Å². The van der Waals surface area contributed by atoms with Crippen molar-refractivity contribution in [2.45, 2.75) is 78.7 Å². The van der Waals surface area contributed by atoms with Crippen LogP contribution in [0.4, 0.5) is 0 Å². The van der Waals surface area contributed by atoms with Crippen LogP contribution < -0.4 is 0 Å². The number of phenols is 5. The molecular weight excluding hydrogens is 540 g/mol. The van der Waals surface area contributed by atoms with Crippen LogP contribution in [0.15, 0.2) is 72.8 Å². The number of hydrogen-bond acceptors (Lipinski definition) is 9. The van der Waals surface area contributed by atoms with Gasteiger partial charge in [0.15, 0.2) is 11.5 Å². The molecule has 0 aliphatic rings. The summed E-state index contributed by atoms with van der Waals surface area (Å²) in [5.41, 5.74) is 0.464. The van der Waals surface area contributed by atoms with Crippen molar-refractivity contribution in [2.75, 3.05) is 13.2 Å². The van der Waals surface area contributed by atoms with Gasteiger partial charge in [-0.1, -0.05) is 65.2 Å². The summed E-state index contributed by atoms with van der Waals surface area (Å²) in [5.74, 6) is -0.177. The summed E-state index contributed by atoms with van der Waals surface area (Å²) in [6.45, 7) is 8.85. The molecule has 0 bridgehead atoms. The van der Waals surface area contributed by atoms with Crippen LogP contribution in [-0.2, 0) is 4.74 Å². The van der Waals surface area contributed by atoms with Crippen LogP contribution in [0.1, 0.15) is 83.0 Å². The van der Waals surface area contributed by atoms with Crippen molar-refractivity contribution in [3.63, 3.8) is 0 Å². The summed E-state index contributed by atoms with van der Waals surface area (Å²) in [4.78, 5) is 11.2. The molecule has 0 aliphatic heterocycles. The Bertz CT molecular complexity index is 993. The van der Waals surface area contributed by atoms with Gasteiger partial charge in [-0.3, -0.25) is 0 Å². The van der Waals surface area contributed by atoms with E-state index in [9.17, 15) is 4.79 Å². The maximum Gasteiger partial charge on any atom is 0.338 e. The molecule has 0 aromatic heterocycles. The third-order valence-electron chi connectivity index (χ3n) is 5.21. The van der Waals surface area contributed by atoms with Gasteiger partial charge in [-0.25, -0.2) is 4.79 Å². The number of unbranched alkanes of at least 4 members (excludes halogenated alkanes) is 3. The molecule has 236 valence electrons. The van der Waals surface area contributed by atoms with Gasteiger partial charge in [0.25, 0.3) is 0 Å². The number of aliphatic hydroxyl groups excluding tert-OH is 2. The van der Waals surface area contributed by atoms with Gasteiger partial charge in [0, 0.05) is 12.7 Å². The summed E-state index contributed by atoms with van der Waals surface area (Å²) in [6, 6.07) is 18.0. The van der Waals surface area contributed by atoms with Gasteiger partial charge >= 0.3 is 5.97 Å². The zero-order chi connectivity index (χ0) is 32.2. The maximum atomic E-state index is 11.2. The number of aromatic hydroxyl groups is 5. The van der Waals surface area contributed by atoms with Crippen LogP contribution in [0.3, 0.4) is 0 Å². The molecule has 0 fully saturated rings. The third kappa shape index (κ3) is 23.9. The number of esters is 1.